The summed E-state index contributed by atoms with van der Waals surface area (Å²) in [5.74, 6) is 1.49. The fourth-order valence-corrected chi connectivity index (χ4v) is 1.56. The Labute approximate surface area is 73.0 Å². The van der Waals surface area contributed by atoms with Crippen molar-refractivity contribution in [1.29, 1.82) is 0 Å². The van der Waals surface area contributed by atoms with Gasteiger partial charge in [-0.3, -0.25) is 4.98 Å². The van der Waals surface area contributed by atoms with Crippen molar-refractivity contribution < 1.29 is 0 Å². The maximum Gasteiger partial charge on any atom is 0.0475 e. The Balaban J connectivity index is 2.08. The van der Waals surface area contributed by atoms with Crippen LogP contribution in [-0.4, -0.2) is 18.1 Å². The molecule has 0 atom stereocenters. The Morgan fingerprint density at radius 2 is 2.00 bits per heavy atom. The van der Waals surface area contributed by atoms with Crippen LogP contribution in [0.4, 0.5) is 0 Å². The lowest BCUT2D eigenvalue weighted by Crippen LogP contribution is -2.27. The lowest BCUT2D eigenvalue weighted by molar-refractivity contribution is 0.560. The van der Waals surface area contributed by atoms with E-state index in [1.807, 2.05) is 12.3 Å². The van der Waals surface area contributed by atoms with Gasteiger partial charge in [0.1, 0.15) is 0 Å². The minimum atomic E-state index is 1.10. The maximum absolute atomic E-state index is 4.34. The molecule has 1 N–H and O–H groups in total. The molecule has 1 saturated heterocycles. The van der Waals surface area contributed by atoms with E-state index < -0.39 is 0 Å². The van der Waals surface area contributed by atoms with E-state index in [9.17, 15) is 0 Å². The molecule has 1 aliphatic heterocycles. The second-order valence-corrected chi connectivity index (χ2v) is 3.07. The molecule has 2 nitrogen and oxygen atoms in total. The molecule has 1 fully saturated rings. The molecule has 2 heteroatoms. The fourth-order valence-electron chi connectivity index (χ4n) is 1.56. The Bertz CT molecular complexity index is 227. The molecule has 0 amide bonds. The van der Waals surface area contributed by atoms with Gasteiger partial charge < -0.3 is 5.32 Å². The van der Waals surface area contributed by atoms with Gasteiger partial charge >= 0.3 is 0 Å². The van der Waals surface area contributed by atoms with Crippen molar-refractivity contribution in [1.82, 2.24) is 10.3 Å². The van der Waals surface area contributed by atoms with E-state index in [-0.39, 0.29) is 0 Å². The molecule has 0 aliphatic carbocycles. The molecule has 0 unspecified atom stereocenters. The summed E-state index contributed by atoms with van der Waals surface area (Å²) < 4.78 is 0. The van der Waals surface area contributed by atoms with E-state index in [1.165, 1.54) is 11.6 Å². The van der Waals surface area contributed by atoms with Crippen molar-refractivity contribution in [3.63, 3.8) is 0 Å². The summed E-state index contributed by atoms with van der Waals surface area (Å²) in [5, 5.41) is 3.34. The van der Waals surface area contributed by atoms with Crippen molar-refractivity contribution in [2.75, 3.05) is 13.1 Å². The minimum Gasteiger partial charge on any atom is -0.317 e. The van der Waals surface area contributed by atoms with Gasteiger partial charge in [-0.25, -0.2) is 0 Å². The first-order valence-electron chi connectivity index (χ1n) is 4.43. The first-order chi connectivity index (χ1) is 5.97. The molecule has 0 aromatic carbocycles. The third-order valence-electron chi connectivity index (χ3n) is 2.23. The molecular weight excluding hydrogens is 148 g/mol. The van der Waals surface area contributed by atoms with E-state index in [2.05, 4.69) is 22.4 Å². The molecule has 1 aromatic heterocycles. The number of aromatic nitrogens is 1. The normalized spacial score (nSPS) is 19.3. The summed E-state index contributed by atoms with van der Waals surface area (Å²) in [6.45, 7) is 2.21. The highest BCUT2D eigenvalue weighted by Gasteiger charge is 2.15. The number of pyridine rings is 1. The van der Waals surface area contributed by atoms with Crippen molar-refractivity contribution >= 4 is 0 Å². The second kappa shape index (κ2) is 3.68. The quantitative estimate of drug-likeness (QED) is 0.673. The molecule has 2 heterocycles. The van der Waals surface area contributed by atoms with Gasteiger partial charge in [0.2, 0.25) is 0 Å². The Morgan fingerprint density at radius 1 is 1.17 bits per heavy atom. The minimum absolute atomic E-state index is 1.10. The van der Waals surface area contributed by atoms with Gasteiger partial charge in [-0.1, -0.05) is 6.07 Å². The second-order valence-electron chi connectivity index (χ2n) is 3.07. The van der Waals surface area contributed by atoms with E-state index >= 15 is 0 Å². The van der Waals surface area contributed by atoms with Crippen LogP contribution >= 0.6 is 0 Å². The molecule has 63 valence electrons. The summed E-state index contributed by atoms with van der Waals surface area (Å²) in [5.41, 5.74) is 1.18. The SMILES string of the molecule is c1ccc([C]2CCNCC2)nc1. The van der Waals surface area contributed by atoms with Gasteiger partial charge in [0.25, 0.3) is 0 Å². The predicted molar refractivity (Wildman–Crippen MR) is 48.7 cm³/mol. The predicted octanol–water partition coefficient (Wildman–Crippen LogP) is 1.39. The van der Waals surface area contributed by atoms with Crippen molar-refractivity contribution in [2.45, 2.75) is 12.8 Å². The highest BCUT2D eigenvalue weighted by molar-refractivity contribution is 5.23. The Kier molecular flexibility index (Phi) is 2.37. The van der Waals surface area contributed by atoms with Crippen molar-refractivity contribution in [3.8, 4) is 0 Å². The number of rotatable bonds is 1. The summed E-state index contributed by atoms with van der Waals surface area (Å²) >= 11 is 0. The smallest absolute Gasteiger partial charge is 0.0475 e. The first kappa shape index (κ1) is 7.74. The molecular formula is C10H13N2. The van der Waals surface area contributed by atoms with E-state index in [4.69, 9.17) is 0 Å². The lowest BCUT2D eigenvalue weighted by Gasteiger charge is -2.20. The van der Waals surface area contributed by atoms with Crippen LogP contribution in [0.3, 0.4) is 0 Å². The fraction of sp³-hybridized carbons (Fsp3) is 0.400. The Hall–Kier alpha value is -0.890. The average molecular weight is 161 g/mol. The molecule has 0 saturated carbocycles. The largest absolute Gasteiger partial charge is 0.317 e. The van der Waals surface area contributed by atoms with E-state index in [0.717, 1.165) is 25.9 Å². The number of nitrogens with one attached hydrogen (secondary N) is 1. The summed E-state index contributed by atoms with van der Waals surface area (Å²) in [7, 11) is 0. The van der Waals surface area contributed by atoms with Crippen molar-refractivity contribution in [2.24, 2.45) is 0 Å². The zero-order valence-electron chi connectivity index (χ0n) is 7.09. The average Bonchev–Trinajstić information content (AvgIpc) is 2.21. The summed E-state index contributed by atoms with van der Waals surface area (Å²) in [4.78, 5) is 4.34. The standard InChI is InChI=1S/C10H13N2/c1-2-6-12-10(3-1)9-4-7-11-8-5-9/h1-3,6,11H,4-5,7-8H2. The third kappa shape index (κ3) is 1.64. The van der Waals surface area contributed by atoms with Gasteiger partial charge in [0, 0.05) is 17.8 Å². The summed E-state index contributed by atoms with van der Waals surface area (Å²) in [6.07, 6.45) is 4.17. The molecule has 0 spiro atoms. The molecule has 1 aromatic rings. The van der Waals surface area contributed by atoms with Gasteiger partial charge in [0.15, 0.2) is 0 Å². The Morgan fingerprint density at radius 3 is 2.67 bits per heavy atom. The van der Waals surface area contributed by atoms with Crippen LogP contribution in [0.2, 0.25) is 0 Å². The van der Waals surface area contributed by atoms with Gasteiger partial charge in [-0.05, 0) is 38.1 Å². The van der Waals surface area contributed by atoms with Gasteiger partial charge in [0.05, 0.1) is 0 Å². The first-order valence-corrected chi connectivity index (χ1v) is 4.43. The van der Waals surface area contributed by atoms with Crippen molar-refractivity contribution in [3.05, 3.63) is 36.0 Å². The highest BCUT2D eigenvalue weighted by atomic mass is 14.9. The number of nitrogens with zero attached hydrogens (tertiary/aromatic N) is 1. The van der Waals surface area contributed by atoms with Gasteiger partial charge in [-0.2, -0.15) is 0 Å². The van der Waals surface area contributed by atoms with Crippen LogP contribution in [0.1, 0.15) is 18.5 Å². The van der Waals surface area contributed by atoms with E-state index in [1.54, 1.807) is 0 Å². The molecule has 2 rings (SSSR count). The number of hydrogen-bond donors (Lipinski definition) is 1. The van der Waals surface area contributed by atoms with Gasteiger partial charge in [-0.15, -0.1) is 0 Å². The lowest BCUT2D eigenvalue weighted by atomic mass is 9.94. The van der Waals surface area contributed by atoms with Crippen LogP contribution in [0, 0.1) is 5.92 Å². The molecule has 12 heavy (non-hydrogen) atoms. The van der Waals surface area contributed by atoms with Crippen LogP contribution < -0.4 is 5.32 Å². The third-order valence-corrected chi connectivity index (χ3v) is 2.23. The van der Waals surface area contributed by atoms with Crippen LogP contribution in [0.15, 0.2) is 24.4 Å². The zero-order valence-corrected chi connectivity index (χ0v) is 7.09. The zero-order chi connectivity index (χ0) is 8.23. The molecule has 1 radical (unpaired) electrons. The molecule has 1 aliphatic rings. The monoisotopic (exact) mass is 161 g/mol. The maximum atomic E-state index is 4.34. The highest BCUT2D eigenvalue weighted by Crippen LogP contribution is 2.21. The van der Waals surface area contributed by atoms with Crippen LogP contribution in [-0.2, 0) is 0 Å². The van der Waals surface area contributed by atoms with E-state index in [0.29, 0.717) is 0 Å². The number of hydrogen-bond acceptors (Lipinski definition) is 2. The van der Waals surface area contributed by atoms with Crippen LogP contribution in [0.5, 0.6) is 0 Å². The molecule has 0 bridgehead atoms. The topological polar surface area (TPSA) is 24.9 Å². The summed E-state index contributed by atoms with van der Waals surface area (Å²) in [6, 6.07) is 6.11. The van der Waals surface area contributed by atoms with Crippen LogP contribution in [0.25, 0.3) is 0 Å². The number of piperidine rings is 1.